The third-order valence-electron chi connectivity index (χ3n) is 4.55. The molecular weight excluding hydrogens is 380 g/mol. The van der Waals surface area contributed by atoms with Gasteiger partial charge in [0.15, 0.2) is 0 Å². The quantitative estimate of drug-likeness (QED) is 0.555. The summed E-state index contributed by atoms with van der Waals surface area (Å²) < 4.78 is 0. The molecule has 3 aromatic rings. The maximum atomic E-state index is 12.6. The van der Waals surface area contributed by atoms with Crippen LogP contribution in [0.25, 0.3) is 0 Å². The molecule has 0 saturated heterocycles. The van der Waals surface area contributed by atoms with Crippen LogP contribution in [0.5, 0.6) is 0 Å². The Balaban J connectivity index is 1.65. The fraction of sp³-hybridized carbons (Fsp3) is 0.167. The van der Waals surface area contributed by atoms with Gasteiger partial charge in [-0.3, -0.25) is 9.59 Å². The summed E-state index contributed by atoms with van der Waals surface area (Å²) in [5.41, 5.74) is 5.43. The molecule has 4 nitrogen and oxygen atoms in total. The number of carbonyl (C=O) groups excluding carboxylic acids is 2. The van der Waals surface area contributed by atoms with Gasteiger partial charge in [-0.05, 0) is 67.4 Å². The Morgan fingerprint density at radius 3 is 2.31 bits per heavy atom. The van der Waals surface area contributed by atoms with Gasteiger partial charge in [-0.1, -0.05) is 29.8 Å². The van der Waals surface area contributed by atoms with E-state index in [4.69, 9.17) is 0 Å². The van der Waals surface area contributed by atoms with Crippen molar-refractivity contribution in [2.45, 2.75) is 24.5 Å². The zero-order valence-corrected chi connectivity index (χ0v) is 17.6. The summed E-state index contributed by atoms with van der Waals surface area (Å²) in [6.07, 6.45) is 0. The SMILES string of the molecule is CNC(=O)c1ccc(NC(=O)c2cccc(CSc3ccc(C)cc3C)c2)cc1. The number of amides is 2. The van der Waals surface area contributed by atoms with Gasteiger partial charge in [-0.2, -0.15) is 0 Å². The minimum absolute atomic E-state index is 0.156. The molecule has 0 bridgehead atoms. The van der Waals surface area contributed by atoms with Gasteiger partial charge in [0.25, 0.3) is 11.8 Å². The maximum Gasteiger partial charge on any atom is 0.255 e. The van der Waals surface area contributed by atoms with E-state index < -0.39 is 0 Å². The number of carbonyl (C=O) groups is 2. The lowest BCUT2D eigenvalue weighted by molar-refractivity contribution is 0.0962. The molecule has 0 spiro atoms. The van der Waals surface area contributed by atoms with E-state index in [0.29, 0.717) is 16.8 Å². The Morgan fingerprint density at radius 2 is 1.62 bits per heavy atom. The van der Waals surface area contributed by atoms with E-state index in [9.17, 15) is 9.59 Å². The Morgan fingerprint density at radius 1 is 0.862 bits per heavy atom. The number of thioether (sulfide) groups is 1. The first kappa shape index (κ1) is 20.7. The number of benzene rings is 3. The largest absolute Gasteiger partial charge is 0.355 e. The van der Waals surface area contributed by atoms with Crippen molar-refractivity contribution in [2.75, 3.05) is 12.4 Å². The molecule has 3 aromatic carbocycles. The fourth-order valence-corrected chi connectivity index (χ4v) is 3.93. The Kier molecular flexibility index (Phi) is 6.73. The van der Waals surface area contributed by atoms with Crippen LogP contribution in [0.1, 0.15) is 37.4 Å². The van der Waals surface area contributed by atoms with Gasteiger partial charge in [-0.25, -0.2) is 0 Å². The van der Waals surface area contributed by atoms with E-state index in [1.165, 1.54) is 16.0 Å². The maximum absolute atomic E-state index is 12.6. The van der Waals surface area contributed by atoms with E-state index in [1.807, 2.05) is 18.2 Å². The van der Waals surface area contributed by atoms with Crippen molar-refractivity contribution in [3.05, 3.63) is 94.5 Å². The standard InChI is InChI=1S/C24H24N2O2S/c1-16-7-12-22(17(2)13-16)29-15-18-5-4-6-20(14-18)24(28)26-21-10-8-19(9-11-21)23(27)25-3/h4-14H,15H2,1-3H3,(H,25,27)(H,26,28). The second kappa shape index (κ2) is 9.43. The van der Waals surface area contributed by atoms with Gasteiger partial charge in [0.05, 0.1) is 0 Å². The van der Waals surface area contributed by atoms with Crippen molar-refractivity contribution >= 4 is 29.3 Å². The summed E-state index contributed by atoms with van der Waals surface area (Å²) in [4.78, 5) is 25.5. The van der Waals surface area contributed by atoms with E-state index in [2.05, 4.69) is 42.7 Å². The fourth-order valence-electron chi connectivity index (χ4n) is 2.98. The molecule has 29 heavy (non-hydrogen) atoms. The van der Waals surface area contributed by atoms with Gasteiger partial charge in [0, 0.05) is 34.5 Å². The number of aryl methyl sites for hydroxylation is 2. The second-order valence-corrected chi connectivity index (χ2v) is 7.89. The molecular formula is C24H24N2O2S. The van der Waals surface area contributed by atoms with Gasteiger partial charge in [0.1, 0.15) is 0 Å². The Bertz CT molecular complexity index is 1030. The van der Waals surface area contributed by atoms with Crippen LogP contribution in [-0.4, -0.2) is 18.9 Å². The van der Waals surface area contributed by atoms with Crippen molar-refractivity contribution in [3.8, 4) is 0 Å². The van der Waals surface area contributed by atoms with Gasteiger partial charge in [-0.15, -0.1) is 11.8 Å². The number of hydrogen-bond acceptors (Lipinski definition) is 3. The summed E-state index contributed by atoms with van der Waals surface area (Å²) in [5, 5.41) is 5.46. The van der Waals surface area contributed by atoms with E-state index >= 15 is 0 Å². The topological polar surface area (TPSA) is 58.2 Å². The van der Waals surface area contributed by atoms with Crippen LogP contribution in [0.2, 0.25) is 0 Å². The monoisotopic (exact) mass is 404 g/mol. The number of hydrogen-bond donors (Lipinski definition) is 2. The number of rotatable bonds is 6. The molecule has 0 fully saturated rings. The second-order valence-electron chi connectivity index (χ2n) is 6.87. The zero-order chi connectivity index (χ0) is 20.8. The molecule has 0 aromatic heterocycles. The molecule has 0 radical (unpaired) electrons. The van der Waals surface area contributed by atoms with Crippen molar-refractivity contribution < 1.29 is 9.59 Å². The first-order chi connectivity index (χ1) is 14.0. The van der Waals surface area contributed by atoms with Crippen LogP contribution in [0.15, 0.2) is 71.6 Å². The first-order valence-electron chi connectivity index (χ1n) is 9.39. The number of anilines is 1. The summed E-state index contributed by atoms with van der Waals surface area (Å²) >= 11 is 1.77. The molecule has 0 aliphatic carbocycles. The highest BCUT2D eigenvalue weighted by atomic mass is 32.2. The normalized spacial score (nSPS) is 10.4. The van der Waals surface area contributed by atoms with Gasteiger partial charge in [0.2, 0.25) is 0 Å². The lowest BCUT2D eigenvalue weighted by atomic mass is 10.1. The van der Waals surface area contributed by atoms with Crippen LogP contribution >= 0.6 is 11.8 Å². The summed E-state index contributed by atoms with van der Waals surface area (Å²) in [7, 11) is 1.59. The first-order valence-corrected chi connectivity index (χ1v) is 10.4. The molecule has 2 amide bonds. The van der Waals surface area contributed by atoms with E-state index in [0.717, 1.165) is 11.3 Å². The van der Waals surface area contributed by atoms with Crippen LogP contribution in [0, 0.1) is 13.8 Å². The highest BCUT2D eigenvalue weighted by Crippen LogP contribution is 2.27. The summed E-state index contributed by atoms with van der Waals surface area (Å²) in [6, 6.07) is 20.9. The predicted octanol–water partition coefficient (Wildman–Crippen LogP) is 5.21. The molecule has 5 heteroatoms. The highest BCUT2D eigenvalue weighted by Gasteiger charge is 2.09. The third kappa shape index (κ3) is 5.48. The molecule has 0 saturated carbocycles. The van der Waals surface area contributed by atoms with Crippen LogP contribution in [0.4, 0.5) is 5.69 Å². The molecule has 0 heterocycles. The predicted molar refractivity (Wildman–Crippen MR) is 120 cm³/mol. The molecule has 0 aliphatic rings. The summed E-state index contributed by atoms with van der Waals surface area (Å²) in [5.74, 6) is 0.471. The molecule has 0 atom stereocenters. The third-order valence-corrected chi connectivity index (χ3v) is 5.79. The Labute approximate surface area is 175 Å². The van der Waals surface area contributed by atoms with Crippen molar-refractivity contribution in [1.82, 2.24) is 5.32 Å². The van der Waals surface area contributed by atoms with Crippen LogP contribution in [-0.2, 0) is 5.75 Å². The number of nitrogens with one attached hydrogen (secondary N) is 2. The Hall–Kier alpha value is -3.05. The molecule has 148 valence electrons. The van der Waals surface area contributed by atoms with Crippen molar-refractivity contribution in [2.24, 2.45) is 0 Å². The summed E-state index contributed by atoms with van der Waals surface area (Å²) in [6.45, 7) is 4.21. The lowest BCUT2D eigenvalue weighted by Gasteiger charge is -2.09. The molecule has 3 rings (SSSR count). The minimum atomic E-state index is -0.170. The average molecular weight is 405 g/mol. The van der Waals surface area contributed by atoms with Gasteiger partial charge >= 0.3 is 0 Å². The molecule has 0 aliphatic heterocycles. The lowest BCUT2D eigenvalue weighted by Crippen LogP contribution is -2.17. The molecule has 2 N–H and O–H groups in total. The van der Waals surface area contributed by atoms with Gasteiger partial charge < -0.3 is 10.6 Å². The molecule has 0 unspecified atom stereocenters. The zero-order valence-electron chi connectivity index (χ0n) is 16.8. The van der Waals surface area contributed by atoms with Crippen molar-refractivity contribution in [3.63, 3.8) is 0 Å². The average Bonchev–Trinajstić information content (AvgIpc) is 2.73. The minimum Gasteiger partial charge on any atom is -0.355 e. The highest BCUT2D eigenvalue weighted by molar-refractivity contribution is 7.98. The van der Waals surface area contributed by atoms with E-state index in [-0.39, 0.29) is 11.8 Å². The van der Waals surface area contributed by atoms with Crippen molar-refractivity contribution in [1.29, 1.82) is 0 Å². The van der Waals surface area contributed by atoms with Crippen LogP contribution in [0.3, 0.4) is 0 Å². The smallest absolute Gasteiger partial charge is 0.255 e. The van der Waals surface area contributed by atoms with E-state index in [1.54, 1.807) is 49.1 Å². The van der Waals surface area contributed by atoms with Crippen LogP contribution < -0.4 is 10.6 Å².